The van der Waals surface area contributed by atoms with E-state index in [2.05, 4.69) is 20.8 Å². The highest BCUT2D eigenvalue weighted by Crippen LogP contribution is 2.24. The summed E-state index contributed by atoms with van der Waals surface area (Å²) < 4.78 is 0. The molecule has 0 aliphatic carbocycles. The second-order valence-corrected chi connectivity index (χ2v) is 10.1. The molecule has 4 rings (SSSR count). The molecule has 2 heterocycles. The van der Waals surface area contributed by atoms with Crippen molar-refractivity contribution in [3.63, 3.8) is 0 Å². The highest BCUT2D eigenvalue weighted by atomic mass is 16.2. The van der Waals surface area contributed by atoms with Crippen LogP contribution in [0, 0.1) is 0 Å². The van der Waals surface area contributed by atoms with E-state index in [0.717, 1.165) is 5.56 Å². The van der Waals surface area contributed by atoms with E-state index in [9.17, 15) is 14.4 Å². The molecule has 0 radical (unpaired) electrons. The SMILES string of the molecule is CC(C)(C)c1ccc(C(=O)N2CCC(N3CCN(Cc4ccccc4)C(=O)C3=O)CC2)cc1. The molecule has 0 unspecified atom stereocenters. The fraction of sp³-hybridized carbons (Fsp3) is 0.444. The van der Waals surface area contributed by atoms with Gasteiger partial charge in [0.2, 0.25) is 0 Å². The highest BCUT2D eigenvalue weighted by molar-refractivity contribution is 6.35. The summed E-state index contributed by atoms with van der Waals surface area (Å²) in [5, 5.41) is 0. The van der Waals surface area contributed by atoms with E-state index in [1.807, 2.05) is 59.5 Å². The van der Waals surface area contributed by atoms with Gasteiger partial charge in [-0.25, -0.2) is 0 Å². The molecule has 0 atom stereocenters. The van der Waals surface area contributed by atoms with Crippen LogP contribution >= 0.6 is 0 Å². The van der Waals surface area contributed by atoms with Gasteiger partial charge in [0, 0.05) is 44.3 Å². The molecule has 33 heavy (non-hydrogen) atoms. The van der Waals surface area contributed by atoms with Crippen molar-refractivity contribution in [2.75, 3.05) is 26.2 Å². The molecule has 2 aliphatic rings. The lowest BCUT2D eigenvalue weighted by atomic mass is 9.86. The summed E-state index contributed by atoms with van der Waals surface area (Å²) in [7, 11) is 0. The number of hydrogen-bond donors (Lipinski definition) is 0. The molecule has 2 saturated heterocycles. The minimum absolute atomic E-state index is 0.00708. The summed E-state index contributed by atoms with van der Waals surface area (Å²) in [5.41, 5.74) is 2.97. The van der Waals surface area contributed by atoms with Crippen LogP contribution in [-0.2, 0) is 21.5 Å². The van der Waals surface area contributed by atoms with Gasteiger partial charge in [0.25, 0.3) is 5.91 Å². The molecule has 2 aromatic carbocycles. The molecule has 0 spiro atoms. The Kier molecular flexibility index (Phi) is 6.54. The summed E-state index contributed by atoms with van der Waals surface area (Å²) >= 11 is 0. The molecule has 6 nitrogen and oxygen atoms in total. The van der Waals surface area contributed by atoms with E-state index in [-0.39, 0.29) is 17.4 Å². The summed E-state index contributed by atoms with van der Waals surface area (Å²) in [5.74, 6) is -0.814. The average molecular weight is 448 g/mol. The fourth-order valence-corrected chi connectivity index (χ4v) is 4.67. The minimum atomic E-state index is -0.428. The molecular formula is C27H33N3O3. The maximum absolute atomic E-state index is 13.0. The van der Waals surface area contributed by atoms with Crippen LogP contribution in [0.15, 0.2) is 54.6 Å². The lowest BCUT2D eigenvalue weighted by Crippen LogP contribution is -2.59. The monoisotopic (exact) mass is 447 g/mol. The second kappa shape index (κ2) is 9.38. The third kappa shape index (κ3) is 5.10. The topological polar surface area (TPSA) is 60.9 Å². The van der Waals surface area contributed by atoms with Crippen molar-refractivity contribution in [3.8, 4) is 0 Å². The zero-order valence-electron chi connectivity index (χ0n) is 19.8. The van der Waals surface area contributed by atoms with Crippen molar-refractivity contribution in [1.29, 1.82) is 0 Å². The Morgan fingerprint density at radius 2 is 1.48 bits per heavy atom. The van der Waals surface area contributed by atoms with Crippen LogP contribution in [0.25, 0.3) is 0 Å². The summed E-state index contributed by atoms with van der Waals surface area (Å²) in [6.45, 7) is 9.20. The average Bonchev–Trinajstić information content (AvgIpc) is 2.82. The Balaban J connectivity index is 1.32. The number of piperidine rings is 1. The first-order valence-electron chi connectivity index (χ1n) is 11.8. The van der Waals surface area contributed by atoms with E-state index in [4.69, 9.17) is 0 Å². The van der Waals surface area contributed by atoms with Crippen LogP contribution in [0.4, 0.5) is 0 Å². The van der Waals surface area contributed by atoms with Gasteiger partial charge in [-0.3, -0.25) is 14.4 Å². The molecule has 2 aliphatic heterocycles. The molecule has 3 amide bonds. The van der Waals surface area contributed by atoms with Gasteiger partial charge in [-0.15, -0.1) is 0 Å². The summed E-state index contributed by atoms with van der Waals surface area (Å²) in [6.07, 6.45) is 1.40. The third-order valence-corrected chi connectivity index (χ3v) is 6.75. The van der Waals surface area contributed by atoms with Crippen LogP contribution in [0.3, 0.4) is 0 Å². The standard InChI is InChI=1S/C27H33N3O3/c1-27(2,3)22-11-9-21(10-12-22)24(31)28-15-13-23(14-16-28)30-18-17-29(25(32)26(30)33)19-20-7-5-4-6-8-20/h4-12,23H,13-19H2,1-3H3. The normalized spacial score (nSPS) is 18.1. The van der Waals surface area contributed by atoms with Gasteiger partial charge in [0.15, 0.2) is 0 Å². The lowest BCUT2D eigenvalue weighted by Gasteiger charge is -2.42. The molecule has 0 saturated carbocycles. The van der Waals surface area contributed by atoms with Gasteiger partial charge in [0.1, 0.15) is 0 Å². The Bertz CT molecular complexity index is 1000. The number of carbonyl (C=O) groups excluding carboxylic acids is 3. The first-order valence-corrected chi connectivity index (χ1v) is 11.8. The molecule has 6 heteroatoms. The van der Waals surface area contributed by atoms with E-state index in [1.165, 1.54) is 5.56 Å². The maximum atomic E-state index is 13.0. The van der Waals surface area contributed by atoms with E-state index in [0.29, 0.717) is 51.1 Å². The van der Waals surface area contributed by atoms with Crippen molar-refractivity contribution < 1.29 is 14.4 Å². The molecule has 0 N–H and O–H groups in total. The predicted molar refractivity (Wildman–Crippen MR) is 128 cm³/mol. The first kappa shape index (κ1) is 23.0. The molecule has 0 bridgehead atoms. The Hall–Kier alpha value is -3.15. The Morgan fingerprint density at radius 1 is 0.848 bits per heavy atom. The number of piperazine rings is 1. The number of rotatable bonds is 4. The highest BCUT2D eigenvalue weighted by Gasteiger charge is 2.38. The van der Waals surface area contributed by atoms with Crippen LogP contribution in [0.2, 0.25) is 0 Å². The zero-order valence-corrected chi connectivity index (χ0v) is 19.8. The van der Waals surface area contributed by atoms with Crippen LogP contribution < -0.4 is 0 Å². The molecule has 2 aromatic rings. The Morgan fingerprint density at radius 3 is 2.09 bits per heavy atom. The molecule has 0 aromatic heterocycles. The number of likely N-dealkylation sites (tertiary alicyclic amines) is 1. The predicted octanol–water partition coefficient (Wildman–Crippen LogP) is 3.46. The van der Waals surface area contributed by atoms with Crippen LogP contribution in [-0.4, -0.2) is 64.6 Å². The van der Waals surface area contributed by atoms with Crippen molar-refractivity contribution in [3.05, 3.63) is 71.3 Å². The van der Waals surface area contributed by atoms with Crippen molar-refractivity contribution >= 4 is 17.7 Å². The number of amides is 3. The van der Waals surface area contributed by atoms with Crippen molar-refractivity contribution in [1.82, 2.24) is 14.7 Å². The van der Waals surface area contributed by atoms with Crippen LogP contribution in [0.1, 0.15) is 55.1 Å². The number of carbonyl (C=O) groups is 3. The minimum Gasteiger partial charge on any atom is -0.338 e. The second-order valence-electron chi connectivity index (χ2n) is 10.1. The molecular weight excluding hydrogens is 414 g/mol. The van der Waals surface area contributed by atoms with Gasteiger partial charge >= 0.3 is 11.8 Å². The first-order chi connectivity index (χ1) is 15.7. The van der Waals surface area contributed by atoms with Gasteiger partial charge in [-0.05, 0) is 41.5 Å². The Labute approximate surface area is 196 Å². The van der Waals surface area contributed by atoms with Gasteiger partial charge < -0.3 is 14.7 Å². The number of nitrogens with zero attached hydrogens (tertiary/aromatic N) is 3. The maximum Gasteiger partial charge on any atom is 0.312 e. The fourth-order valence-electron chi connectivity index (χ4n) is 4.67. The van der Waals surface area contributed by atoms with E-state index < -0.39 is 11.8 Å². The zero-order chi connectivity index (χ0) is 23.6. The molecule has 2 fully saturated rings. The number of benzene rings is 2. The van der Waals surface area contributed by atoms with Crippen molar-refractivity contribution in [2.24, 2.45) is 0 Å². The smallest absolute Gasteiger partial charge is 0.312 e. The van der Waals surface area contributed by atoms with Crippen LogP contribution in [0.5, 0.6) is 0 Å². The van der Waals surface area contributed by atoms with E-state index >= 15 is 0 Å². The summed E-state index contributed by atoms with van der Waals surface area (Å²) in [6, 6.07) is 17.6. The number of hydrogen-bond acceptors (Lipinski definition) is 3. The van der Waals surface area contributed by atoms with Gasteiger partial charge in [-0.2, -0.15) is 0 Å². The van der Waals surface area contributed by atoms with Gasteiger partial charge in [0.05, 0.1) is 0 Å². The quantitative estimate of drug-likeness (QED) is 0.675. The van der Waals surface area contributed by atoms with Crippen molar-refractivity contribution in [2.45, 2.75) is 51.6 Å². The van der Waals surface area contributed by atoms with E-state index in [1.54, 1.807) is 9.80 Å². The third-order valence-electron chi connectivity index (χ3n) is 6.75. The lowest BCUT2D eigenvalue weighted by molar-refractivity contribution is -0.158. The summed E-state index contributed by atoms with van der Waals surface area (Å²) in [4.78, 5) is 43.7. The van der Waals surface area contributed by atoms with Gasteiger partial charge in [-0.1, -0.05) is 63.2 Å². The largest absolute Gasteiger partial charge is 0.338 e. The molecule has 174 valence electrons.